The Kier molecular flexibility index (Phi) is 2.84. The Morgan fingerprint density at radius 2 is 1.95 bits per heavy atom. The van der Waals surface area contributed by atoms with Gasteiger partial charge in [-0.15, -0.1) is 0 Å². The van der Waals surface area contributed by atoms with E-state index in [0.717, 1.165) is 13.1 Å². The molecule has 3 aliphatic rings. The fourth-order valence-corrected chi connectivity index (χ4v) is 4.52. The molecule has 1 aromatic carbocycles. The lowest BCUT2D eigenvalue weighted by atomic mass is 9.64. The average Bonchev–Trinajstić information content (AvgIpc) is 2.50. The van der Waals surface area contributed by atoms with Crippen LogP contribution in [0.3, 0.4) is 0 Å². The van der Waals surface area contributed by atoms with Gasteiger partial charge in [0, 0.05) is 18.5 Å². The first-order valence-corrected chi connectivity index (χ1v) is 7.90. The van der Waals surface area contributed by atoms with Crippen LogP contribution in [0.2, 0.25) is 0 Å². The average molecular weight is 270 g/mol. The fraction of sp³-hybridized carbons (Fsp3) is 0.588. The molecule has 1 aromatic rings. The molecule has 1 aliphatic carbocycles. The quantitative estimate of drug-likeness (QED) is 0.785. The lowest BCUT2D eigenvalue weighted by Crippen LogP contribution is -2.58. The van der Waals surface area contributed by atoms with Gasteiger partial charge in [0.15, 0.2) is 0 Å². The first-order valence-electron chi connectivity index (χ1n) is 7.90. The molecule has 2 fully saturated rings. The lowest BCUT2D eigenvalue weighted by Gasteiger charge is -2.51. The number of hydrogen-bond donors (Lipinski definition) is 1. The number of carbonyl (C=O) groups excluding carboxylic acids is 1. The van der Waals surface area contributed by atoms with Crippen molar-refractivity contribution in [2.24, 2.45) is 0 Å². The highest BCUT2D eigenvalue weighted by atomic mass is 16.2. The van der Waals surface area contributed by atoms with Crippen molar-refractivity contribution in [3.8, 4) is 0 Å². The van der Waals surface area contributed by atoms with Crippen LogP contribution in [0.25, 0.3) is 0 Å². The predicted octanol–water partition coefficient (Wildman–Crippen LogP) is 2.38. The van der Waals surface area contributed by atoms with Gasteiger partial charge in [-0.2, -0.15) is 0 Å². The van der Waals surface area contributed by atoms with E-state index in [-0.39, 0.29) is 17.4 Å². The van der Waals surface area contributed by atoms with E-state index in [0.29, 0.717) is 6.54 Å². The number of nitrogens with one attached hydrogen (secondary N) is 1. The molecule has 0 bridgehead atoms. The van der Waals surface area contributed by atoms with Gasteiger partial charge in [-0.1, -0.05) is 43.5 Å². The molecule has 1 amide bonds. The summed E-state index contributed by atoms with van der Waals surface area (Å²) < 4.78 is 0. The standard InChI is InChI=1S/C17H22N2O/c20-16-11-18-10-15-13-6-2-3-7-14(13)17(12-19(15)16)8-4-1-5-9-17/h2-3,6-7,15,18H,1,4-5,8-12H2. The summed E-state index contributed by atoms with van der Waals surface area (Å²) in [4.78, 5) is 14.5. The van der Waals surface area contributed by atoms with Gasteiger partial charge in [0.05, 0.1) is 12.6 Å². The van der Waals surface area contributed by atoms with Crippen LogP contribution in [0.5, 0.6) is 0 Å². The lowest BCUT2D eigenvalue weighted by molar-refractivity contribution is -0.137. The largest absolute Gasteiger partial charge is 0.332 e. The van der Waals surface area contributed by atoms with E-state index in [2.05, 4.69) is 34.5 Å². The second kappa shape index (κ2) is 4.59. The van der Waals surface area contributed by atoms with Gasteiger partial charge in [0.1, 0.15) is 0 Å². The second-order valence-electron chi connectivity index (χ2n) is 6.60. The molecule has 1 saturated carbocycles. The van der Waals surface area contributed by atoms with E-state index in [9.17, 15) is 4.79 Å². The molecule has 106 valence electrons. The third-order valence-corrected chi connectivity index (χ3v) is 5.49. The van der Waals surface area contributed by atoms with Crippen molar-refractivity contribution in [2.75, 3.05) is 19.6 Å². The summed E-state index contributed by atoms with van der Waals surface area (Å²) in [5.74, 6) is 0.278. The molecule has 0 radical (unpaired) electrons. The Bertz CT molecular complexity index is 534. The van der Waals surface area contributed by atoms with Crippen LogP contribution < -0.4 is 5.32 Å². The second-order valence-corrected chi connectivity index (χ2v) is 6.60. The molecule has 2 heterocycles. The molecule has 1 N–H and O–H groups in total. The summed E-state index contributed by atoms with van der Waals surface area (Å²) in [6.45, 7) is 2.35. The number of hydrogen-bond acceptors (Lipinski definition) is 2. The molecule has 2 aliphatic heterocycles. The molecule has 1 spiro atoms. The number of carbonyl (C=O) groups is 1. The Morgan fingerprint density at radius 1 is 1.15 bits per heavy atom. The predicted molar refractivity (Wildman–Crippen MR) is 78.5 cm³/mol. The van der Waals surface area contributed by atoms with Gasteiger partial charge in [0.25, 0.3) is 0 Å². The van der Waals surface area contributed by atoms with Crippen molar-refractivity contribution in [3.05, 3.63) is 35.4 Å². The highest BCUT2D eigenvalue weighted by molar-refractivity contribution is 5.80. The van der Waals surface area contributed by atoms with E-state index in [1.54, 1.807) is 0 Å². The molecule has 3 nitrogen and oxygen atoms in total. The van der Waals surface area contributed by atoms with Crippen LogP contribution in [0, 0.1) is 0 Å². The zero-order chi connectivity index (χ0) is 13.6. The number of nitrogens with zero attached hydrogens (tertiary/aromatic N) is 1. The van der Waals surface area contributed by atoms with Crippen molar-refractivity contribution in [3.63, 3.8) is 0 Å². The Morgan fingerprint density at radius 3 is 2.80 bits per heavy atom. The van der Waals surface area contributed by atoms with Crippen molar-refractivity contribution in [1.29, 1.82) is 0 Å². The Hall–Kier alpha value is -1.35. The molecular formula is C17H22N2O. The number of fused-ring (bicyclic) bond motifs is 4. The van der Waals surface area contributed by atoms with E-state index in [1.165, 1.54) is 43.2 Å². The van der Waals surface area contributed by atoms with Gasteiger partial charge >= 0.3 is 0 Å². The summed E-state index contributed by atoms with van der Waals surface area (Å²) in [6.07, 6.45) is 6.45. The minimum atomic E-state index is 0.234. The van der Waals surface area contributed by atoms with Crippen molar-refractivity contribution in [1.82, 2.24) is 10.2 Å². The minimum absolute atomic E-state index is 0.234. The summed E-state index contributed by atoms with van der Waals surface area (Å²) >= 11 is 0. The Balaban J connectivity index is 1.83. The molecule has 0 aromatic heterocycles. The fourth-order valence-electron chi connectivity index (χ4n) is 4.52. The number of rotatable bonds is 0. The Labute approximate surface area is 120 Å². The first kappa shape index (κ1) is 12.4. The first-order chi connectivity index (χ1) is 9.80. The zero-order valence-electron chi connectivity index (χ0n) is 11.9. The van der Waals surface area contributed by atoms with Crippen molar-refractivity contribution >= 4 is 5.91 Å². The number of piperazine rings is 1. The van der Waals surface area contributed by atoms with E-state index in [4.69, 9.17) is 0 Å². The van der Waals surface area contributed by atoms with Crippen LogP contribution in [0.1, 0.15) is 49.3 Å². The molecule has 20 heavy (non-hydrogen) atoms. The van der Waals surface area contributed by atoms with Crippen LogP contribution in [-0.2, 0) is 10.2 Å². The van der Waals surface area contributed by atoms with E-state index >= 15 is 0 Å². The molecule has 1 saturated heterocycles. The van der Waals surface area contributed by atoms with Gasteiger partial charge in [-0.3, -0.25) is 4.79 Å². The normalized spacial score (nSPS) is 28.1. The van der Waals surface area contributed by atoms with Gasteiger partial charge in [0.2, 0.25) is 5.91 Å². The van der Waals surface area contributed by atoms with E-state index in [1.807, 2.05) is 0 Å². The van der Waals surface area contributed by atoms with Crippen LogP contribution in [0.4, 0.5) is 0 Å². The summed E-state index contributed by atoms with van der Waals surface area (Å²) in [5.41, 5.74) is 3.15. The van der Waals surface area contributed by atoms with Crippen LogP contribution >= 0.6 is 0 Å². The van der Waals surface area contributed by atoms with Crippen molar-refractivity contribution in [2.45, 2.75) is 43.6 Å². The molecule has 1 unspecified atom stereocenters. The summed E-state index contributed by atoms with van der Waals surface area (Å²) in [6, 6.07) is 9.10. The molecule has 3 heteroatoms. The SMILES string of the molecule is O=C1CNCC2c3ccccc3C3(CCCCC3)CN12. The maximum absolute atomic E-state index is 12.3. The maximum atomic E-state index is 12.3. The third kappa shape index (κ3) is 1.72. The smallest absolute Gasteiger partial charge is 0.237 e. The molecule has 1 atom stereocenters. The van der Waals surface area contributed by atoms with Gasteiger partial charge in [-0.25, -0.2) is 0 Å². The number of benzene rings is 1. The van der Waals surface area contributed by atoms with Crippen LogP contribution in [0.15, 0.2) is 24.3 Å². The third-order valence-electron chi connectivity index (χ3n) is 5.49. The monoisotopic (exact) mass is 270 g/mol. The van der Waals surface area contributed by atoms with Crippen LogP contribution in [-0.4, -0.2) is 30.4 Å². The van der Waals surface area contributed by atoms with Crippen molar-refractivity contribution < 1.29 is 4.79 Å². The molecular weight excluding hydrogens is 248 g/mol. The molecule has 4 rings (SSSR count). The number of amides is 1. The zero-order valence-corrected chi connectivity index (χ0v) is 11.9. The van der Waals surface area contributed by atoms with E-state index < -0.39 is 0 Å². The van der Waals surface area contributed by atoms with Gasteiger partial charge < -0.3 is 10.2 Å². The summed E-state index contributed by atoms with van der Waals surface area (Å²) in [7, 11) is 0. The maximum Gasteiger partial charge on any atom is 0.237 e. The minimum Gasteiger partial charge on any atom is -0.332 e. The summed E-state index contributed by atoms with van der Waals surface area (Å²) in [5, 5.41) is 3.27. The highest BCUT2D eigenvalue weighted by Gasteiger charge is 2.46. The topological polar surface area (TPSA) is 32.3 Å². The van der Waals surface area contributed by atoms with Gasteiger partial charge in [-0.05, 0) is 24.0 Å². The highest BCUT2D eigenvalue weighted by Crippen LogP contribution is 2.47.